The monoisotopic (exact) mass is 407 g/mol. The van der Waals surface area contributed by atoms with Gasteiger partial charge in [-0.05, 0) is 55.3 Å². The van der Waals surface area contributed by atoms with Gasteiger partial charge in [-0.1, -0.05) is 19.1 Å². The molecular weight excluding hydrogens is 378 g/mol. The highest BCUT2D eigenvalue weighted by Gasteiger charge is 2.24. The van der Waals surface area contributed by atoms with E-state index in [1.807, 2.05) is 31.2 Å². The molecule has 2 aromatic carbocycles. The number of anilines is 1. The summed E-state index contributed by atoms with van der Waals surface area (Å²) in [6.45, 7) is 6.80. The largest absolute Gasteiger partial charge is 0.497 e. The zero-order valence-electron chi connectivity index (χ0n) is 17.8. The summed E-state index contributed by atoms with van der Waals surface area (Å²) < 4.78 is 8.44. The van der Waals surface area contributed by atoms with Crippen molar-refractivity contribution in [1.29, 1.82) is 0 Å². The van der Waals surface area contributed by atoms with Gasteiger partial charge in [-0.3, -0.25) is 0 Å². The summed E-state index contributed by atoms with van der Waals surface area (Å²) >= 11 is 0. The van der Waals surface area contributed by atoms with Gasteiger partial charge in [0.1, 0.15) is 12.1 Å². The van der Waals surface area contributed by atoms with Crippen LogP contribution >= 0.6 is 0 Å². The zero-order valence-corrected chi connectivity index (χ0v) is 17.8. The van der Waals surface area contributed by atoms with E-state index in [4.69, 9.17) is 4.74 Å². The van der Waals surface area contributed by atoms with Gasteiger partial charge < -0.3 is 15.0 Å². The van der Waals surface area contributed by atoms with E-state index in [0.717, 1.165) is 43.2 Å². The fraction of sp³-hybridized carbons (Fsp3) is 0.391. The highest BCUT2D eigenvalue weighted by atomic mass is 16.5. The molecule has 2 unspecified atom stereocenters. The lowest BCUT2D eigenvalue weighted by Crippen LogP contribution is -2.46. The van der Waals surface area contributed by atoms with Crippen LogP contribution in [0.25, 0.3) is 5.69 Å². The van der Waals surface area contributed by atoms with Crippen molar-refractivity contribution in [3.05, 3.63) is 70.9 Å². The van der Waals surface area contributed by atoms with Gasteiger partial charge in [0.2, 0.25) is 0 Å². The second-order valence-corrected chi connectivity index (χ2v) is 7.69. The van der Waals surface area contributed by atoms with Crippen LogP contribution in [0.1, 0.15) is 37.9 Å². The lowest BCUT2D eigenvalue weighted by Gasteiger charge is -2.38. The molecule has 1 aliphatic rings. The van der Waals surface area contributed by atoms with Gasteiger partial charge in [-0.2, -0.15) is 5.10 Å². The van der Waals surface area contributed by atoms with Gasteiger partial charge >= 0.3 is 5.69 Å². The molecule has 1 saturated heterocycles. The van der Waals surface area contributed by atoms with Crippen LogP contribution in [0.2, 0.25) is 0 Å². The average Bonchev–Trinajstić information content (AvgIpc) is 3.20. The Hall–Kier alpha value is -3.06. The maximum atomic E-state index is 12.7. The fourth-order valence-corrected chi connectivity index (χ4v) is 3.91. The first-order valence-corrected chi connectivity index (χ1v) is 10.5. The Morgan fingerprint density at radius 1 is 1.13 bits per heavy atom. The predicted molar refractivity (Wildman–Crippen MR) is 119 cm³/mol. The average molecular weight is 408 g/mol. The van der Waals surface area contributed by atoms with Crippen molar-refractivity contribution in [1.82, 2.24) is 19.7 Å². The molecule has 7 nitrogen and oxygen atoms in total. The minimum atomic E-state index is -0.101. The van der Waals surface area contributed by atoms with Crippen LogP contribution in [0.15, 0.2) is 59.7 Å². The minimum absolute atomic E-state index is 0.0872. The van der Waals surface area contributed by atoms with Gasteiger partial charge in [-0.25, -0.2) is 14.0 Å². The van der Waals surface area contributed by atoms with Crippen molar-refractivity contribution in [2.75, 3.05) is 31.6 Å². The smallest absolute Gasteiger partial charge is 0.350 e. The van der Waals surface area contributed by atoms with Crippen LogP contribution in [0.3, 0.4) is 0 Å². The molecule has 4 rings (SSSR count). The molecule has 1 aliphatic heterocycles. The van der Waals surface area contributed by atoms with E-state index in [0.29, 0.717) is 0 Å². The third-order valence-electron chi connectivity index (χ3n) is 5.91. The molecule has 2 atom stereocenters. The third kappa shape index (κ3) is 3.85. The van der Waals surface area contributed by atoms with Crippen molar-refractivity contribution in [3.63, 3.8) is 0 Å². The highest BCUT2D eigenvalue weighted by Crippen LogP contribution is 2.30. The predicted octanol–water partition coefficient (Wildman–Crippen LogP) is 3.16. The third-order valence-corrected chi connectivity index (χ3v) is 5.91. The van der Waals surface area contributed by atoms with Gasteiger partial charge in [0.25, 0.3) is 0 Å². The minimum Gasteiger partial charge on any atom is -0.497 e. The second-order valence-electron chi connectivity index (χ2n) is 7.69. The first-order valence-electron chi connectivity index (χ1n) is 10.5. The molecule has 1 aromatic heterocycles. The lowest BCUT2D eigenvalue weighted by atomic mass is 10.0. The van der Waals surface area contributed by atoms with Crippen molar-refractivity contribution in [3.8, 4) is 11.4 Å². The SMILES string of the molecule is CCC(C)n1ncn(-c2ccc(N3CCNCC3c3ccc(OC)cc3)cc2)c1=O. The van der Waals surface area contributed by atoms with Crippen molar-refractivity contribution < 1.29 is 4.74 Å². The van der Waals surface area contributed by atoms with E-state index in [1.54, 1.807) is 22.7 Å². The standard InChI is InChI=1S/C23H29N5O2/c1-4-17(2)28-23(29)27(16-25-28)20-9-7-19(8-10-20)26-14-13-24-15-22(26)18-5-11-21(30-3)12-6-18/h5-12,16-17,22,24H,4,13-15H2,1-3H3. The first kappa shape index (κ1) is 20.2. The van der Waals surface area contributed by atoms with Crippen molar-refractivity contribution in [2.24, 2.45) is 0 Å². The van der Waals surface area contributed by atoms with Gasteiger partial charge in [0.05, 0.1) is 24.9 Å². The molecule has 0 amide bonds. The summed E-state index contributed by atoms with van der Waals surface area (Å²) in [6.07, 6.45) is 2.47. The summed E-state index contributed by atoms with van der Waals surface area (Å²) in [5, 5.41) is 7.77. The highest BCUT2D eigenvalue weighted by molar-refractivity contribution is 5.53. The van der Waals surface area contributed by atoms with Crippen LogP contribution in [-0.4, -0.2) is 41.1 Å². The van der Waals surface area contributed by atoms with E-state index in [2.05, 4.69) is 46.5 Å². The molecule has 0 spiro atoms. The Bertz CT molecular complexity index is 1020. The van der Waals surface area contributed by atoms with Crippen molar-refractivity contribution in [2.45, 2.75) is 32.4 Å². The van der Waals surface area contributed by atoms with E-state index in [1.165, 1.54) is 5.56 Å². The van der Waals surface area contributed by atoms with Crippen LogP contribution in [-0.2, 0) is 0 Å². The molecule has 2 heterocycles. The maximum Gasteiger partial charge on any atom is 0.350 e. The number of rotatable bonds is 6. The Kier molecular flexibility index (Phi) is 5.90. The Morgan fingerprint density at radius 3 is 2.50 bits per heavy atom. The Morgan fingerprint density at radius 2 is 1.83 bits per heavy atom. The van der Waals surface area contributed by atoms with Crippen LogP contribution < -0.4 is 20.6 Å². The normalized spacial score (nSPS) is 17.7. The molecule has 1 N–H and O–H groups in total. The van der Waals surface area contributed by atoms with Gasteiger partial charge in [-0.15, -0.1) is 0 Å². The molecule has 7 heteroatoms. The summed E-state index contributed by atoms with van der Waals surface area (Å²) in [4.78, 5) is 15.1. The Labute approximate surface area is 176 Å². The number of nitrogens with one attached hydrogen (secondary N) is 1. The first-order chi connectivity index (χ1) is 14.6. The number of ether oxygens (including phenoxy) is 1. The Balaban J connectivity index is 1.59. The van der Waals surface area contributed by atoms with E-state index < -0.39 is 0 Å². The number of hydrogen-bond donors (Lipinski definition) is 1. The zero-order chi connectivity index (χ0) is 21.1. The molecule has 158 valence electrons. The number of hydrogen-bond acceptors (Lipinski definition) is 5. The molecule has 0 bridgehead atoms. The summed E-state index contributed by atoms with van der Waals surface area (Å²) in [5.41, 5.74) is 3.12. The van der Waals surface area contributed by atoms with E-state index >= 15 is 0 Å². The number of benzene rings is 2. The van der Waals surface area contributed by atoms with Crippen molar-refractivity contribution >= 4 is 5.69 Å². The van der Waals surface area contributed by atoms with E-state index in [9.17, 15) is 4.79 Å². The van der Waals surface area contributed by atoms with E-state index in [-0.39, 0.29) is 17.8 Å². The second kappa shape index (κ2) is 8.75. The topological polar surface area (TPSA) is 64.3 Å². The number of methoxy groups -OCH3 is 1. The molecule has 0 saturated carbocycles. The molecule has 0 aliphatic carbocycles. The molecular formula is C23H29N5O2. The number of piperazine rings is 1. The summed E-state index contributed by atoms with van der Waals surface area (Å²) in [5.74, 6) is 0.863. The fourth-order valence-electron chi connectivity index (χ4n) is 3.91. The van der Waals surface area contributed by atoms with Crippen LogP contribution in [0.4, 0.5) is 5.69 Å². The number of nitrogens with zero attached hydrogens (tertiary/aromatic N) is 4. The van der Waals surface area contributed by atoms with Crippen LogP contribution in [0, 0.1) is 0 Å². The molecule has 30 heavy (non-hydrogen) atoms. The summed E-state index contributed by atoms with van der Waals surface area (Å²) in [6, 6.07) is 16.8. The molecule has 0 radical (unpaired) electrons. The lowest BCUT2D eigenvalue weighted by molar-refractivity contribution is 0.414. The quantitative estimate of drug-likeness (QED) is 0.680. The van der Waals surface area contributed by atoms with Gasteiger partial charge in [0, 0.05) is 25.3 Å². The molecule has 1 fully saturated rings. The summed E-state index contributed by atoms with van der Waals surface area (Å²) in [7, 11) is 1.68. The van der Waals surface area contributed by atoms with Crippen LogP contribution in [0.5, 0.6) is 5.75 Å². The van der Waals surface area contributed by atoms with Gasteiger partial charge in [0.15, 0.2) is 0 Å². The maximum absolute atomic E-state index is 12.7. The molecule has 3 aromatic rings. The number of aromatic nitrogens is 3.